The third kappa shape index (κ3) is 4.33. The van der Waals surface area contributed by atoms with Gasteiger partial charge < -0.3 is 40.1 Å². The highest BCUT2D eigenvalue weighted by Gasteiger charge is 2.60. The SMILES string of the molecule is COc1ccc(Cc2ccc(CO)cc2[C@@]2(O)O[C@H]([C@H](C)O)[C@@](C)(O)[C@H](O)[C@H]2O)cc1. The molecule has 3 rings (SSSR count). The molecule has 31 heavy (non-hydrogen) atoms. The Morgan fingerprint density at radius 1 is 1.03 bits per heavy atom. The zero-order valence-corrected chi connectivity index (χ0v) is 17.8. The number of benzene rings is 2. The number of ether oxygens (including phenoxy) is 2. The number of methoxy groups -OCH3 is 1. The van der Waals surface area contributed by atoms with Crippen molar-refractivity contribution in [2.24, 2.45) is 0 Å². The van der Waals surface area contributed by atoms with Gasteiger partial charge in [0.25, 0.3) is 0 Å². The molecule has 8 nitrogen and oxygen atoms in total. The number of rotatable bonds is 6. The number of hydrogen-bond acceptors (Lipinski definition) is 8. The summed E-state index contributed by atoms with van der Waals surface area (Å²) in [5.41, 5.74) is 0.0277. The van der Waals surface area contributed by atoms with Crippen molar-refractivity contribution in [3.05, 3.63) is 64.7 Å². The maximum Gasteiger partial charge on any atom is 0.222 e. The number of aliphatic hydroxyl groups excluding tert-OH is 4. The largest absolute Gasteiger partial charge is 0.497 e. The second-order valence-corrected chi connectivity index (χ2v) is 8.27. The van der Waals surface area contributed by atoms with Crippen molar-refractivity contribution in [1.82, 2.24) is 0 Å². The van der Waals surface area contributed by atoms with E-state index in [2.05, 4.69) is 0 Å². The molecule has 1 aliphatic heterocycles. The van der Waals surface area contributed by atoms with E-state index in [1.165, 1.54) is 19.9 Å². The lowest BCUT2D eigenvalue weighted by atomic mass is 9.77. The summed E-state index contributed by atoms with van der Waals surface area (Å²) in [7, 11) is 1.57. The zero-order valence-electron chi connectivity index (χ0n) is 17.8. The average molecular weight is 434 g/mol. The van der Waals surface area contributed by atoms with E-state index < -0.39 is 35.8 Å². The summed E-state index contributed by atoms with van der Waals surface area (Å²) in [4.78, 5) is 0. The molecule has 0 saturated carbocycles. The molecule has 6 atom stereocenters. The lowest BCUT2D eigenvalue weighted by Gasteiger charge is -2.52. The molecule has 0 spiro atoms. The first kappa shape index (κ1) is 23.6. The van der Waals surface area contributed by atoms with Crippen molar-refractivity contribution < 1.29 is 40.1 Å². The van der Waals surface area contributed by atoms with Gasteiger partial charge in [0.2, 0.25) is 5.79 Å². The molecule has 1 aliphatic rings. The average Bonchev–Trinajstić information content (AvgIpc) is 2.75. The van der Waals surface area contributed by atoms with E-state index in [9.17, 15) is 30.6 Å². The van der Waals surface area contributed by atoms with E-state index in [0.29, 0.717) is 23.3 Å². The Kier molecular flexibility index (Phi) is 6.73. The molecular weight excluding hydrogens is 404 g/mol. The molecule has 6 N–H and O–H groups in total. The van der Waals surface area contributed by atoms with Gasteiger partial charge in [-0.3, -0.25) is 0 Å². The summed E-state index contributed by atoms with van der Waals surface area (Å²) in [6, 6.07) is 12.1. The highest BCUT2D eigenvalue weighted by Crippen LogP contribution is 2.43. The highest BCUT2D eigenvalue weighted by atomic mass is 16.7. The minimum atomic E-state index is -2.43. The van der Waals surface area contributed by atoms with Crippen LogP contribution in [0.1, 0.15) is 36.1 Å². The van der Waals surface area contributed by atoms with Crippen molar-refractivity contribution >= 4 is 0 Å². The lowest BCUT2D eigenvalue weighted by molar-refractivity contribution is -0.385. The van der Waals surface area contributed by atoms with Crippen LogP contribution in [-0.2, 0) is 23.6 Å². The van der Waals surface area contributed by atoms with Crippen molar-refractivity contribution in [3.8, 4) is 5.75 Å². The molecule has 0 aromatic heterocycles. The molecule has 0 radical (unpaired) electrons. The highest BCUT2D eigenvalue weighted by molar-refractivity contribution is 5.41. The van der Waals surface area contributed by atoms with Crippen molar-refractivity contribution in [1.29, 1.82) is 0 Å². The van der Waals surface area contributed by atoms with E-state index in [1.54, 1.807) is 31.4 Å². The van der Waals surface area contributed by atoms with Crippen LogP contribution < -0.4 is 4.74 Å². The molecule has 2 aromatic rings. The van der Waals surface area contributed by atoms with Gasteiger partial charge in [0.15, 0.2) is 0 Å². The third-order valence-electron chi connectivity index (χ3n) is 5.92. The van der Waals surface area contributed by atoms with Gasteiger partial charge in [-0.2, -0.15) is 0 Å². The van der Waals surface area contributed by atoms with Crippen LogP contribution in [0.25, 0.3) is 0 Å². The van der Waals surface area contributed by atoms with Crippen LogP contribution in [0, 0.1) is 0 Å². The third-order valence-corrected chi connectivity index (χ3v) is 5.92. The standard InChI is InChI=1S/C23H30O8/c1-13(25)21-22(2,28)19(26)20(27)23(29,31-21)18-11-15(12-24)4-7-16(18)10-14-5-8-17(30-3)9-6-14/h4-9,11,13,19-21,24-29H,10,12H2,1-3H3/t13-,19+,20+,21+,22-,23+/m0/s1. The molecule has 0 aliphatic carbocycles. The van der Waals surface area contributed by atoms with E-state index in [1.807, 2.05) is 12.1 Å². The maximum absolute atomic E-state index is 11.4. The Balaban J connectivity index is 2.08. The summed E-state index contributed by atoms with van der Waals surface area (Å²) in [5.74, 6) is -1.74. The monoisotopic (exact) mass is 434 g/mol. The molecule has 1 fully saturated rings. The first-order valence-electron chi connectivity index (χ1n) is 10.1. The van der Waals surface area contributed by atoms with Gasteiger partial charge >= 0.3 is 0 Å². The Hall–Kier alpha value is -2.04. The number of hydrogen-bond donors (Lipinski definition) is 6. The van der Waals surface area contributed by atoms with Crippen molar-refractivity contribution in [2.75, 3.05) is 7.11 Å². The molecule has 0 unspecified atom stereocenters. The van der Waals surface area contributed by atoms with Crippen LogP contribution in [0.15, 0.2) is 42.5 Å². The summed E-state index contributed by atoms with van der Waals surface area (Å²) in [5, 5.41) is 63.1. The molecule has 1 saturated heterocycles. The van der Waals surface area contributed by atoms with Gasteiger partial charge in [0, 0.05) is 5.56 Å². The van der Waals surface area contributed by atoms with Crippen molar-refractivity contribution in [3.63, 3.8) is 0 Å². The summed E-state index contributed by atoms with van der Waals surface area (Å²) in [6.07, 6.45) is -6.02. The molecule has 170 valence electrons. The summed E-state index contributed by atoms with van der Waals surface area (Å²) in [6.45, 7) is 2.26. The normalized spacial score (nSPS) is 32.0. The van der Waals surface area contributed by atoms with Crippen LogP contribution in [0.3, 0.4) is 0 Å². The van der Waals surface area contributed by atoms with Gasteiger partial charge in [-0.15, -0.1) is 0 Å². The fourth-order valence-electron chi connectivity index (χ4n) is 4.07. The Bertz CT molecular complexity index is 895. The fraction of sp³-hybridized carbons (Fsp3) is 0.478. The minimum absolute atomic E-state index is 0.127. The Morgan fingerprint density at radius 2 is 1.65 bits per heavy atom. The first-order chi connectivity index (χ1) is 14.5. The molecule has 2 aromatic carbocycles. The van der Waals surface area contributed by atoms with Crippen LogP contribution in [0.5, 0.6) is 5.75 Å². The Morgan fingerprint density at radius 3 is 2.19 bits per heavy atom. The predicted molar refractivity (Wildman–Crippen MR) is 111 cm³/mol. The fourth-order valence-corrected chi connectivity index (χ4v) is 4.07. The molecule has 0 bridgehead atoms. The van der Waals surface area contributed by atoms with Crippen LogP contribution >= 0.6 is 0 Å². The van der Waals surface area contributed by atoms with Gasteiger partial charge in [-0.05, 0) is 55.2 Å². The van der Waals surface area contributed by atoms with E-state index in [0.717, 1.165) is 5.56 Å². The van der Waals surface area contributed by atoms with Crippen LogP contribution in [-0.4, -0.2) is 67.8 Å². The first-order valence-corrected chi connectivity index (χ1v) is 10.1. The van der Waals surface area contributed by atoms with E-state index in [-0.39, 0.29) is 12.2 Å². The zero-order chi connectivity index (χ0) is 23.0. The van der Waals surface area contributed by atoms with Gasteiger partial charge in [-0.25, -0.2) is 0 Å². The Labute approximate surface area is 180 Å². The lowest BCUT2D eigenvalue weighted by Crippen LogP contribution is -2.70. The van der Waals surface area contributed by atoms with Gasteiger partial charge in [0.1, 0.15) is 29.7 Å². The van der Waals surface area contributed by atoms with Crippen molar-refractivity contribution in [2.45, 2.75) is 62.7 Å². The van der Waals surface area contributed by atoms with E-state index >= 15 is 0 Å². The smallest absolute Gasteiger partial charge is 0.222 e. The quantitative estimate of drug-likeness (QED) is 0.378. The molecule has 1 heterocycles. The van der Waals surface area contributed by atoms with Gasteiger partial charge in [-0.1, -0.05) is 24.3 Å². The predicted octanol–water partition coefficient (Wildman–Crippen LogP) is 0.176. The molecule has 8 heteroatoms. The number of aliphatic hydroxyl groups is 6. The van der Waals surface area contributed by atoms with Crippen LogP contribution in [0.4, 0.5) is 0 Å². The summed E-state index contributed by atoms with van der Waals surface area (Å²) < 4.78 is 10.8. The molecular formula is C23H30O8. The second-order valence-electron chi connectivity index (χ2n) is 8.27. The van der Waals surface area contributed by atoms with Gasteiger partial charge in [0.05, 0.1) is 19.8 Å². The topological polar surface area (TPSA) is 140 Å². The van der Waals surface area contributed by atoms with E-state index in [4.69, 9.17) is 9.47 Å². The minimum Gasteiger partial charge on any atom is -0.497 e. The molecule has 0 amide bonds. The summed E-state index contributed by atoms with van der Waals surface area (Å²) >= 11 is 0. The van der Waals surface area contributed by atoms with Crippen LogP contribution in [0.2, 0.25) is 0 Å². The maximum atomic E-state index is 11.4. The second kappa shape index (κ2) is 8.84.